The molecule has 1 aliphatic carbocycles. The minimum atomic E-state index is -0.000702. The number of benzene rings is 1. The first-order valence-corrected chi connectivity index (χ1v) is 8.91. The molecule has 0 aliphatic heterocycles. The van der Waals surface area contributed by atoms with Gasteiger partial charge in [-0.05, 0) is 43.5 Å². The number of carbonyl (C=O) groups is 1. The Morgan fingerprint density at radius 2 is 2.04 bits per heavy atom. The number of nitrogens with zero attached hydrogens (tertiary/aromatic N) is 1. The normalized spacial score (nSPS) is 14.9. The number of anilines is 1. The van der Waals surface area contributed by atoms with Gasteiger partial charge >= 0.3 is 0 Å². The van der Waals surface area contributed by atoms with Crippen molar-refractivity contribution in [2.45, 2.75) is 45.1 Å². The van der Waals surface area contributed by atoms with Crippen LogP contribution in [0.1, 0.15) is 37.7 Å². The van der Waals surface area contributed by atoms with Gasteiger partial charge in [0.25, 0.3) is 0 Å². The lowest BCUT2D eigenvalue weighted by Gasteiger charge is -2.16. The Bertz CT molecular complexity index is 574. The van der Waals surface area contributed by atoms with Crippen LogP contribution in [0.4, 0.5) is 5.69 Å². The first-order valence-electron chi connectivity index (χ1n) is 8.11. The van der Waals surface area contributed by atoms with Crippen molar-refractivity contribution in [1.82, 2.24) is 10.6 Å². The van der Waals surface area contributed by atoms with Gasteiger partial charge in [0.05, 0.1) is 0 Å². The number of carbonyl (C=O) groups excluding carboxylic acids is 1. The quantitative estimate of drug-likeness (QED) is 0.322. The summed E-state index contributed by atoms with van der Waals surface area (Å²) < 4.78 is 1.01. The highest BCUT2D eigenvalue weighted by atomic mass is 127. The third kappa shape index (κ3) is 6.96. The van der Waals surface area contributed by atoms with E-state index < -0.39 is 0 Å². The Morgan fingerprint density at radius 1 is 1.33 bits per heavy atom. The highest BCUT2D eigenvalue weighted by Gasteiger charge is 2.15. The SMILES string of the molecule is CN=C(NCCC(=O)Nc1ccc(Br)cc1C)NC1CCCC1.I. The molecule has 1 saturated carbocycles. The van der Waals surface area contributed by atoms with E-state index in [2.05, 4.69) is 36.9 Å². The molecule has 0 spiro atoms. The Kier molecular flexibility index (Phi) is 9.65. The van der Waals surface area contributed by atoms with Crippen LogP contribution in [0.2, 0.25) is 0 Å². The summed E-state index contributed by atoms with van der Waals surface area (Å²) in [7, 11) is 1.76. The van der Waals surface area contributed by atoms with Crippen molar-refractivity contribution in [3.63, 3.8) is 0 Å². The van der Waals surface area contributed by atoms with Crippen LogP contribution in [0.25, 0.3) is 0 Å². The highest BCUT2D eigenvalue weighted by Crippen LogP contribution is 2.20. The number of aliphatic imine (C=N–C) groups is 1. The van der Waals surface area contributed by atoms with E-state index in [9.17, 15) is 4.79 Å². The largest absolute Gasteiger partial charge is 0.356 e. The highest BCUT2D eigenvalue weighted by molar-refractivity contribution is 14.0. The van der Waals surface area contributed by atoms with Gasteiger partial charge in [-0.25, -0.2) is 0 Å². The monoisotopic (exact) mass is 508 g/mol. The van der Waals surface area contributed by atoms with E-state index in [1.165, 1.54) is 25.7 Å². The molecule has 0 aromatic heterocycles. The fourth-order valence-electron chi connectivity index (χ4n) is 2.73. The lowest BCUT2D eigenvalue weighted by Crippen LogP contribution is -2.43. The minimum absolute atomic E-state index is 0. The summed E-state index contributed by atoms with van der Waals surface area (Å²) in [5, 5.41) is 9.56. The maximum Gasteiger partial charge on any atom is 0.226 e. The molecule has 1 fully saturated rings. The summed E-state index contributed by atoms with van der Waals surface area (Å²) >= 11 is 3.42. The summed E-state index contributed by atoms with van der Waals surface area (Å²) in [6.45, 7) is 2.54. The van der Waals surface area contributed by atoms with Gasteiger partial charge in [-0.1, -0.05) is 28.8 Å². The number of nitrogens with one attached hydrogen (secondary N) is 3. The zero-order valence-corrected chi connectivity index (χ0v) is 18.1. The Hall–Kier alpha value is -0.830. The molecule has 0 bridgehead atoms. The van der Waals surface area contributed by atoms with Gasteiger partial charge in [-0.3, -0.25) is 9.79 Å². The molecule has 1 aliphatic rings. The molecule has 24 heavy (non-hydrogen) atoms. The van der Waals surface area contributed by atoms with Crippen LogP contribution in [0, 0.1) is 6.92 Å². The van der Waals surface area contributed by atoms with Crippen molar-refractivity contribution in [2.24, 2.45) is 4.99 Å². The van der Waals surface area contributed by atoms with Crippen molar-refractivity contribution in [1.29, 1.82) is 0 Å². The van der Waals surface area contributed by atoms with Crippen LogP contribution in [0.3, 0.4) is 0 Å². The van der Waals surface area contributed by atoms with E-state index in [0.717, 1.165) is 21.7 Å². The molecule has 134 valence electrons. The molecule has 0 heterocycles. The molecule has 0 unspecified atom stereocenters. The number of hydrogen-bond donors (Lipinski definition) is 3. The molecule has 1 aromatic carbocycles. The van der Waals surface area contributed by atoms with Gasteiger partial charge in [-0.2, -0.15) is 0 Å². The van der Waals surface area contributed by atoms with Gasteiger partial charge in [0.2, 0.25) is 5.91 Å². The minimum Gasteiger partial charge on any atom is -0.356 e. The van der Waals surface area contributed by atoms with Crippen LogP contribution < -0.4 is 16.0 Å². The number of halogens is 2. The van der Waals surface area contributed by atoms with Crippen molar-refractivity contribution in [2.75, 3.05) is 18.9 Å². The van der Waals surface area contributed by atoms with Crippen LogP contribution in [0.15, 0.2) is 27.7 Å². The zero-order valence-electron chi connectivity index (χ0n) is 14.2. The topological polar surface area (TPSA) is 65.5 Å². The van der Waals surface area contributed by atoms with E-state index >= 15 is 0 Å². The summed E-state index contributed by atoms with van der Waals surface area (Å²) in [5.41, 5.74) is 1.89. The zero-order chi connectivity index (χ0) is 16.7. The molecule has 0 atom stereocenters. The number of hydrogen-bond acceptors (Lipinski definition) is 2. The second kappa shape index (κ2) is 10.9. The Balaban J connectivity index is 0.00000288. The first-order chi connectivity index (χ1) is 11.1. The number of guanidine groups is 1. The van der Waals surface area contributed by atoms with Crippen molar-refractivity contribution in [3.05, 3.63) is 28.2 Å². The average molecular weight is 509 g/mol. The summed E-state index contributed by atoms with van der Waals surface area (Å²) in [4.78, 5) is 16.3. The van der Waals surface area contributed by atoms with E-state index in [-0.39, 0.29) is 29.9 Å². The Morgan fingerprint density at radius 3 is 2.67 bits per heavy atom. The van der Waals surface area contributed by atoms with E-state index in [1.54, 1.807) is 7.05 Å². The van der Waals surface area contributed by atoms with Crippen molar-refractivity contribution >= 4 is 57.5 Å². The van der Waals surface area contributed by atoms with Gasteiger partial charge in [0.15, 0.2) is 5.96 Å². The molecule has 5 nitrogen and oxygen atoms in total. The molecule has 0 radical (unpaired) electrons. The number of rotatable bonds is 5. The maximum atomic E-state index is 12.0. The number of aryl methyl sites for hydroxylation is 1. The van der Waals surface area contributed by atoms with E-state index in [0.29, 0.717) is 19.0 Å². The molecule has 1 aromatic rings. The molecule has 7 heteroatoms. The average Bonchev–Trinajstić information content (AvgIpc) is 3.02. The third-order valence-corrected chi connectivity index (χ3v) is 4.52. The predicted octanol–water partition coefficient (Wildman–Crippen LogP) is 3.81. The molecule has 2 rings (SSSR count). The molecule has 3 N–H and O–H groups in total. The second-order valence-electron chi connectivity index (χ2n) is 5.88. The smallest absolute Gasteiger partial charge is 0.226 e. The first kappa shape index (κ1) is 21.2. The molecule has 0 saturated heterocycles. The standard InChI is InChI=1S/C17H25BrN4O.HI/c1-12-11-13(18)7-8-15(12)22-16(23)9-10-20-17(19-2)21-14-5-3-4-6-14;/h7-8,11,14H,3-6,9-10H2,1-2H3,(H,22,23)(H2,19,20,21);1H. The lowest BCUT2D eigenvalue weighted by atomic mass is 10.2. The maximum absolute atomic E-state index is 12.0. The molecule has 1 amide bonds. The summed E-state index contributed by atoms with van der Waals surface area (Å²) in [6, 6.07) is 6.33. The molecular formula is C17H26BrIN4O. The third-order valence-electron chi connectivity index (χ3n) is 4.03. The van der Waals surface area contributed by atoms with Gasteiger partial charge in [0.1, 0.15) is 0 Å². The van der Waals surface area contributed by atoms with Crippen LogP contribution in [-0.2, 0) is 4.79 Å². The predicted molar refractivity (Wildman–Crippen MR) is 114 cm³/mol. The lowest BCUT2D eigenvalue weighted by molar-refractivity contribution is -0.116. The molecular weight excluding hydrogens is 483 g/mol. The van der Waals surface area contributed by atoms with Crippen molar-refractivity contribution < 1.29 is 4.79 Å². The van der Waals surface area contributed by atoms with Gasteiger partial charge in [-0.15, -0.1) is 24.0 Å². The summed E-state index contributed by atoms with van der Waals surface area (Å²) in [5.74, 6) is 0.781. The number of amides is 1. The van der Waals surface area contributed by atoms with Gasteiger partial charge in [0, 0.05) is 36.2 Å². The second-order valence-corrected chi connectivity index (χ2v) is 6.80. The van der Waals surface area contributed by atoms with Gasteiger partial charge < -0.3 is 16.0 Å². The van der Waals surface area contributed by atoms with Crippen LogP contribution >= 0.6 is 39.9 Å². The van der Waals surface area contributed by atoms with E-state index in [1.807, 2.05) is 25.1 Å². The van der Waals surface area contributed by atoms with Crippen molar-refractivity contribution in [3.8, 4) is 0 Å². The van der Waals surface area contributed by atoms with Crippen LogP contribution in [0.5, 0.6) is 0 Å². The summed E-state index contributed by atoms with van der Waals surface area (Å²) in [6.07, 6.45) is 5.36. The fraction of sp³-hybridized carbons (Fsp3) is 0.529. The van der Waals surface area contributed by atoms with Crippen LogP contribution in [-0.4, -0.2) is 31.5 Å². The van der Waals surface area contributed by atoms with E-state index in [4.69, 9.17) is 0 Å². The Labute approximate surface area is 169 Å². The fourth-order valence-corrected chi connectivity index (χ4v) is 3.21.